The van der Waals surface area contributed by atoms with Gasteiger partial charge in [-0.3, -0.25) is 9.69 Å². The molecule has 0 fully saturated rings. The highest BCUT2D eigenvalue weighted by molar-refractivity contribution is 7.22. The van der Waals surface area contributed by atoms with Crippen molar-refractivity contribution in [1.82, 2.24) is 4.98 Å². The van der Waals surface area contributed by atoms with Crippen LogP contribution in [0.5, 0.6) is 0 Å². The molecule has 0 aliphatic carbocycles. The van der Waals surface area contributed by atoms with Gasteiger partial charge in [-0.15, -0.1) is 0 Å². The molecule has 0 bridgehead atoms. The molecular weight excluding hydrogens is 311 g/mol. The summed E-state index contributed by atoms with van der Waals surface area (Å²) in [4.78, 5) is 19.0. The lowest BCUT2D eigenvalue weighted by molar-refractivity contribution is 0.0983. The predicted molar refractivity (Wildman–Crippen MR) is 92.5 cm³/mol. The third kappa shape index (κ3) is 3.40. The molecule has 0 N–H and O–H groups in total. The van der Waals surface area contributed by atoms with E-state index in [-0.39, 0.29) is 11.8 Å². The van der Waals surface area contributed by atoms with Crippen LogP contribution >= 0.6 is 11.3 Å². The van der Waals surface area contributed by atoms with E-state index in [2.05, 4.69) is 4.98 Å². The zero-order valence-electron chi connectivity index (χ0n) is 13.0. The van der Waals surface area contributed by atoms with Crippen molar-refractivity contribution in [3.63, 3.8) is 0 Å². The number of nitrogens with zero attached hydrogens (tertiary/aromatic N) is 2. The first-order valence-electron chi connectivity index (χ1n) is 7.47. The Balaban J connectivity index is 2.01. The summed E-state index contributed by atoms with van der Waals surface area (Å²) in [6, 6.07) is 13.6. The molecule has 0 aliphatic rings. The fraction of sp³-hybridized carbons (Fsp3) is 0.222. The lowest BCUT2D eigenvalue weighted by atomic mass is 10.1. The zero-order valence-corrected chi connectivity index (χ0v) is 13.8. The average molecular weight is 328 g/mol. The fourth-order valence-electron chi connectivity index (χ4n) is 2.37. The third-order valence-corrected chi connectivity index (χ3v) is 4.44. The molecule has 3 rings (SSSR count). The van der Waals surface area contributed by atoms with E-state index in [9.17, 15) is 9.18 Å². The largest absolute Gasteiger partial charge is 0.284 e. The molecule has 0 unspecified atom stereocenters. The van der Waals surface area contributed by atoms with Gasteiger partial charge in [-0.1, -0.05) is 43.4 Å². The smallest absolute Gasteiger partial charge is 0.260 e. The number of benzene rings is 2. The molecule has 3 nitrogen and oxygen atoms in total. The molecule has 118 valence electrons. The summed E-state index contributed by atoms with van der Waals surface area (Å²) in [5.41, 5.74) is 1.21. The van der Waals surface area contributed by atoms with Gasteiger partial charge in [0.2, 0.25) is 0 Å². The maximum Gasteiger partial charge on any atom is 0.260 e. The maximum absolute atomic E-state index is 13.4. The van der Waals surface area contributed by atoms with Crippen LogP contribution < -0.4 is 4.90 Å². The Morgan fingerprint density at radius 1 is 1.22 bits per heavy atom. The van der Waals surface area contributed by atoms with Gasteiger partial charge in [0.25, 0.3) is 5.91 Å². The maximum atomic E-state index is 13.4. The second-order valence-corrected chi connectivity index (χ2v) is 6.79. The molecule has 1 heterocycles. The number of hydrogen-bond donors (Lipinski definition) is 0. The minimum Gasteiger partial charge on any atom is -0.284 e. The molecule has 1 aromatic heterocycles. The lowest BCUT2D eigenvalue weighted by Gasteiger charge is -2.22. The van der Waals surface area contributed by atoms with Gasteiger partial charge in [0.05, 0.1) is 10.2 Å². The van der Waals surface area contributed by atoms with E-state index in [1.165, 1.54) is 23.5 Å². The number of hydrogen-bond acceptors (Lipinski definition) is 3. The molecule has 0 aliphatic heterocycles. The van der Waals surface area contributed by atoms with Crippen molar-refractivity contribution in [3.8, 4) is 0 Å². The Morgan fingerprint density at radius 3 is 2.70 bits per heavy atom. The van der Waals surface area contributed by atoms with Gasteiger partial charge >= 0.3 is 0 Å². The molecule has 0 saturated heterocycles. The Kier molecular flexibility index (Phi) is 4.39. The van der Waals surface area contributed by atoms with Crippen molar-refractivity contribution in [1.29, 1.82) is 0 Å². The highest BCUT2D eigenvalue weighted by Crippen LogP contribution is 2.30. The Bertz CT molecular complexity index is 811. The number of carbonyl (C=O) groups excluding carboxylic acids is 1. The summed E-state index contributed by atoms with van der Waals surface area (Å²) in [6.45, 7) is 4.62. The number of fused-ring (bicyclic) bond motifs is 1. The molecule has 5 heteroatoms. The van der Waals surface area contributed by atoms with Gasteiger partial charge in [0.1, 0.15) is 5.82 Å². The van der Waals surface area contributed by atoms with Gasteiger partial charge in [0, 0.05) is 12.1 Å². The summed E-state index contributed by atoms with van der Waals surface area (Å²) in [6.07, 6.45) is 0. The standard InChI is InChI=1S/C18H17FN2OS/c1-12(2)11-21(17(22)13-6-5-7-14(19)10-13)18-20-15-8-3-4-9-16(15)23-18/h3-10,12H,11H2,1-2H3. The van der Waals surface area contributed by atoms with Crippen LogP contribution in [0.4, 0.5) is 9.52 Å². The van der Waals surface area contributed by atoms with Crippen LogP contribution in [-0.4, -0.2) is 17.4 Å². The van der Waals surface area contributed by atoms with Gasteiger partial charge in [0.15, 0.2) is 5.13 Å². The van der Waals surface area contributed by atoms with Crippen molar-refractivity contribution in [2.24, 2.45) is 5.92 Å². The van der Waals surface area contributed by atoms with E-state index in [4.69, 9.17) is 0 Å². The predicted octanol–water partition coefficient (Wildman–Crippen LogP) is 4.74. The number of carbonyl (C=O) groups is 1. The van der Waals surface area contributed by atoms with Crippen molar-refractivity contribution >= 4 is 32.6 Å². The topological polar surface area (TPSA) is 33.2 Å². The van der Waals surface area contributed by atoms with Gasteiger partial charge in [-0.25, -0.2) is 9.37 Å². The molecule has 0 radical (unpaired) electrons. The lowest BCUT2D eigenvalue weighted by Crippen LogP contribution is -2.34. The number of aromatic nitrogens is 1. The number of thiazole rings is 1. The zero-order chi connectivity index (χ0) is 16.4. The first-order chi connectivity index (χ1) is 11.0. The van der Waals surface area contributed by atoms with Crippen LogP contribution in [0.3, 0.4) is 0 Å². The van der Waals surface area contributed by atoms with E-state index in [1.54, 1.807) is 17.0 Å². The number of para-hydroxylation sites is 1. The average Bonchev–Trinajstić information content (AvgIpc) is 2.95. The summed E-state index contributed by atoms with van der Waals surface area (Å²) >= 11 is 1.47. The van der Waals surface area contributed by atoms with Crippen LogP contribution in [0.15, 0.2) is 48.5 Å². The second kappa shape index (κ2) is 6.46. The van der Waals surface area contributed by atoms with Crippen LogP contribution in [0.1, 0.15) is 24.2 Å². The quantitative estimate of drug-likeness (QED) is 0.693. The first-order valence-corrected chi connectivity index (χ1v) is 8.29. The molecule has 0 spiro atoms. The molecule has 23 heavy (non-hydrogen) atoms. The van der Waals surface area contributed by atoms with Crippen LogP contribution in [0, 0.1) is 11.7 Å². The number of amides is 1. The van der Waals surface area contributed by atoms with Gasteiger partial charge in [-0.05, 0) is 36.2 Å². The normalized spacial score (nSPS) is 11.1. The highest BCUT2D eigenvalue weighted by Gasteiger charge is 2.22. The Labute approximate surface area is 138 Å². The third-order valence-electron chi connectivity index (χ3n) is 3.38. The van der Waals surface area contributed by atoms with Crippen LogP contribution in [0.25, 0.3) is 10.2 Å². The summed E-state index contributed by atoms with van der Waals surface area (Å²) in [5, 5.41) is 0.647. The van der Waals surface area contributed by atoms with E-state index < -0.39 is 5.82 Å². The minimum atomic E-state index is -0.412. The molecule has 2 aromatic carbocycles. The van der Waals surface area contributed by atoms with E-state index >= 15 is 0 Å². The SMILES string of the molecule is CC(C)CN(C(=O)c1cccc(F)c1)c1nc2ccccc2s1. The summed E-state index contributed by atoms with van der Waals surface area (Å²) in [5.74, 6) is -0.360. The number of rotatable bonds is 4. The van der Waals surface area contributed by atoms with Gasteiger partial charge < -0.3 is 0 Å². The monoisotopic (exact) mass is 328 g/mol. The van der Waals surface area contributed by atoms with Gasteiger partial charge in [-0.2, -0.15) is 0 Å². The van der Waals surface area contributed by atoms with Crippen molar-refractivity contribution in [3.05, 3.63) is 59.9 Å². The number of halogens is 1. The van der Waals surface area contributed by atoms with E-state index in [1.807, 2.05) is 38.1 Å². The fourth-order valence-corrected chi connectivity index (χ4v) is 3.34. The highest BCUT2D eigenvalue weighted by atomic mass is 32.1. The van der Waals surface area contributed by atoms with E-state index in [0.29, 0.717) is 17.2 Å². The Morgan fingerprint density at radius 2 is 2.00 bits per heavy atom. The van der Waals surface area contributed by atoms with Crippen LogP contribution in [0.2, 0.25) is 0 Å². The van der Waals surface area contributed by atoms with Crippen molar-refractivity contribution in [2.45, 2.75) is 13.8 Å². The summed E-state index contributed by atoms with van der Waals surface area (Å²) < 4.78 is 14.5. The molecule has 3 aromatic rings. The Hall–Kier alpha value is -2.27. The molecular formula is C18H17FN2OS. The van der Waals surface area contributed by atoms with Crippen molar-refractivity contribution < 1.29 is 9.18 Å². The van der Waals surface area contributed by atoms with Crippen molar-refractivity contribution in [2.75, 3.05) is 11.4 Å². The minimum absolute atomic E-state index is 0.225. The van der Waals surface area contributed by atoms with Crippen LogP contribution in [-0.2, 0) is 0 Å². The molecule has 0 atom stereocenters. The second-order valence-electron chi connectivity index (χ2n) is 5.78. The molecule has 0 saturated carbocycles. The number of anilines is 1. The summed E-state index contributed by atoms with van der Waals surface area (Å²) in [7, 11) is 0. The first kappa shape index (κ1) is 15.6. The molecule has 1 amide bonds. The van der Waals surface area contributed by atoms with E-state index in [0.717, 1.165) is 10.2 Å².